The highest BCUT2D eigenvalue weighted by molar-refractivity contribution is 5.90. The van der Waals surface area contributed by atoms with Gasteiger partial charge in [-0.25, -0.2) is 0 Å². The van der Waals surface area contributed by atoms with E-state index in [1.807, 2.05) is 94.4 Å². The van der Waals surface area contributed by atoms with E-state index in [0.29, 0.717) is 18.7 Å². The van der Waals surface area contributed by atoms with Crippen molar-refractivity contribution in [1.29, 1.82) is 0 Å². The number of amides is 2. The van der Waals surface area contributed by atoms with Crippen LogP contribution in [0.15, 0.2) is 66.7 Å². The van der Waals surface area contributed by atoms with E-state index in [4.69, 9.17) is 4.74 Å². The summed E-state index contributed by atoms with van der Waals surface area (Å²) in [6, 6.07) is 21.2. The zero-order chi connectivity index (χ0) is 23.8. The van der Waals surface area contributed by atoms with Crippen molar-refractivity contribution in [3.8, 4) is 5.75 Å². The molecular formula is C28H34N2O3. The first kappa shape index (κ1) is 24.3. The highest BCUT2D eigenvalue weighted by Gasteiger charge is 2.29. The van der Waals surface area contributed by atoms with Gasteiger partial charge in [0.25, 0.3) is 5.91 Å². The molecule has 0 bridgehead atoms. The summed E-state index contributed by atoms with van der Waals surface area (Å²) >= 11 is 0. The number of rotatable bonds is 10. The molecule has 5 nitrogen and oxygen atoms in total. The highest BCUT2D eigenvalue weighted by Crippen LogP contribution is 2.25. The summed E-state index contributed by atoms with van der Waals surface area (Å²) in [6.07, 6.45) is 1.35. The van der Waals surface area contributed by atoms with Gasteiger partial charge in [-0.15, -0.1) is 0 Å². The van der Waals surface area contributed by atoms with Crippen molar-refractivity contribution in [2.75, 3.05) is 6.61 Å². The minimum Gasteiger partial charge on any atom is -0.483 e. The molecule has 0 fully saturated rings. The zero-order valence-corrected chi connectivity index (χ0v) is 20.0. The Labute approximate surface area is 196 Å². The first-order chi connectivity index (χ1) is 15.9. The van der Waals surface area contributed by atoms with Gasteiger partial charge in [-0.05, 0) is 43.7 Å². The molecule has 3 rings (SSSR count). The number of benzene rings is 3. The van der Waals surface area contributed by atoms with Gasteiger partial charge < -0.3 is 15.0 Å². The summed E-state index contributed by atoms with van der Waals surface area (Å²) in [7, 11) is 0. The number of nitrogens with one attached hydrogen (secondary N) is 1. The second-order valence-corrected chi connectivity index (χ2v) is 8.52. The number of ether oxygens (including phenoxy) is 1. The van der Waals surface area contributed by atoms with E-state index in [2.05, 4.69) is 5.32 Å². The largest absolute Gasteiger partial charge is 0.483 e. The van der Waals surface area contributed by atoms with E-state index in [-0.39, 0.29) is 24.5 Å². The van der Waals surface area contributed by atoms with E-state index in [0.717, 1.165) is 28.3 Å². The van der Waals surface area contributed by atoms with Crippen LogP contribution in [0.2, 0.25) is 0 Å². The quantitative estimate of drug-likeness (QED) is 0.463. The maximum Gasteiger partial charge on any atom is 0.261 e. The molecule has 0 radical (unpaired) electrons. The van der Waals surface area contributed by atoms with Crippen LogP contribution < -0.4 is 10.1 Å². The van der Waals surface area contributed by atoms with Gasteiger partial charge in [0, 0.05) is 18.0 Å². The lowest BCUT2D eigenvalue weighted by atomic mass is 10.1. The third kappa shape index (κ3) is 6.35. The standard InChI is InChI=1S/C28H34N2O3/c1-5-21(4)29-28(32)25(6-2)30(18-22-16-14-20(3)15-17-22)27(31)19-33-26-13-9-11-23-10-7-8-12-24(23)26/h7-17,21,25H,5-6,18-19H2,1-4H3,(H,29,32)/t21-,25+/m1/s1. The predicted octanol–water partition coefficient (Wildman–Crippen LogP) is 5.25. The van der Waals surface area contributed by atoms with E-state index < -0.39 is 6.04 Å². The molecule has 0 saturated heterocycles. The smallest absolute Gasteiger partial charge is 0.261 e. The van der Waals surface area contributed by atoms with Gasteiger partial charge in [-0.3, -0.25) is 9.59 Å². The topological polar surface area (TPSA) is 58.6 Å². The molecule has 33 heavy (non-hydrogen) atoms. The van der Waals surface area contributed by atoms with Crippen LogP contribution in [0.1, 0.15) is 44.7 Å². The molecule has 0 heterocycles. The third-order valence-electron chi connectivity index (χ3n) is 5.96. The first-order valence-electron chi connectivity index (χ1n) is 11.7. The molecule has 0 saturated carbocycles. The van der Waals surface area contributed by atoms with E-state index in [1.54, 1.807) is 4.90 Å². The lowest BCUT2D eigenvalue weighted by Crippen LogP contribution is -2.51. The van der Waals surface area contributed by atoms with Crippen molar-refractivity contribution in [3.63, 3.8) is 0 Å². The lowest BCUT2D eigenvalue weighted by molar-refractivity contribution is -0.143. The Morgan fingerprint density at radius 2 is 1.64 bits per heavy atom. The Morgan fingerprint density at radius 3 is 2.33 bits per heavy atom. The Hall–Kier alpha value is -3.34. The molecule has 0 aliphatic heterocycles. The molecule has 5 heteroatoms. The third-order valence-corrected chi connectivity index (χ3v) is 5.96. The predicted molar refractivity (Wildman–Crippen MR) is 133 cm³/mol. The van der Waals surface area contributed by atoms with Crippen LogP contribution in [0.4, 0.5) is 0 Å². The summed E-state index contributed by atoms with van der Waals surface area (Å²) in [5, 5.41) is 5.05. The van der Waals surface area contributed by atoms with Gasteiger partial charge in [-0.2, -0.15) is 0 Å². The molecule has 2 amide bonds. The van der Waals surface area contributed by atoms with Gasteiger partial charge in [-0.1, -0.05) is 80.1 Å². The minimum atomic E-state index is -0.566. The fourth-order valence-electron chi connectivity index (χ4n) is 3.79. The SMILES string of the molecule is CC[C@@H](C)NC(=O)[C@H](CC)N(Cc1ccc(C)cc1)C(=O)COc1cccc2ccccc12. The Bertz CT molecular complexity index is 1070. The van der Waals surface area contributed by atoms with Crippen molar-refractivity contribution in [3.05, 3.63) is 77.9 Å². The maximum absolute atomic E-state index is 13.4. The number of fused-ring (bicyclic) bond motifs is 1. The summed E-state index contributed by atoms with van der Waals surface area (Å²) < 4.78 is 5.97. The summed E-state index contributed by atoms with van der Waals surface area (Å²) in [6.45, 7) is 8.18. The Kier molecular flexibility index (Phi) is 8.47. The molecule has 0 spiro atoms. The highest BCUT2D eigenvalue weighted by atomic mass is 16.5. The lowest BCUT2D eigenvalue weighted by Gasteiger charge is -2.31. The number of carbonyl (C=O) groups is 2. The molecular weight excluding hydrogens is 412 g/mol. The van der Waals surface area contributed by atoms with Crippen LogP contribution in [0.5, 0.6) is 5.75 Å². The average Bonchev–Trinajstić information content (AvgIpc) is 2.83. The minimum absolute atomic E-state index is 0.0508. The maximum atomic E-state index is 13.4. The summed E-state index contributed by atoms with van der Waals surface area (Å²) in [4.78, 5) is 28.1. The number of hydrogen-bond donors (Lipinski definition) is 1. The van der Waals surface area contributed by atoms with E-state index in [1.165, 1.54) is 0 Å². The number of hydrogen-bond acceptors (Lipinski definition) is 3. The van der Waals surface area contributed by atoms with Crippen LogP contribution in [0, 0.1) is 6.92 Å². The summed E-state index contributed by atoms with van der Waals surface area (Å²) in [5.41, 5.74) is 2.13. The van der Waals surface area contributed by atoms with Crippen molar-refractivity contribution >= 4 is 22.6 Å². The molecule has 0 unspecified atom stereocenters. The average molecular weight is 447 g/mol. The van der Waals surface area contributed by atoms with Gasteiger partial charge in [0.2, 0.25) is 5.91 Å². The number of carbonyl (C=O) groups excluding carboxylic acids is 2. The fourth-order valence-corrected chi connectivity index (χ4v) is 3.79. The second kappa shape index (κ2) is 11.5. The molecule has 3 aromatic carbocycles. The molecule has 0 aliphatic carbocycles. The molecule has 2 atom stereocenters. The van der Waals surface area contributed by atoms with Crippen molar-refractivity contribution in [1.82, 2.24) is 10.2 Å². The van der Waals surface area contributed by atoms with Gasteiger partial charge >= 0.3 is 0 Å². The Morgan fingerprint density at radius 1 is 0.939 bits per heavy atom. The van der Waals surface area contributed by atoms with Crippen molar-refractivity contribution < 1.29 is 14.3 Å². The number of aryl methyl sites for hydroxylation is 1. The molecule has 1 N–H and O–H groups in total. The van der Waals surface area contributed by atoms with Crippen molar-refractivity contribution in [2.45, 2.75) is 59.2 Å². The van der Waals surface area contributed by atoms with Crippen LogP contribution in [0.3, 0.4) is 0 Å². The van der Waals surface area contributed by atoms with E-state index in [9.17, 15) is 9.59 Å². The van der Waals surface area contributed by atoms with Crippen LogP contribution in [-0.2, 0) is 16.1 Å². The van der Waals surface area contributed by atoms with Gasteiger partial charge in [0.05, 0.1) is 0 Å². The van der Waals surface area contributed by atoms with Crippen molar-refractivity contribution in [2.24, 2.45) is 0 Å². The van der Waals surface area contributed by atoms with Crippen LogP contribution in [-0.4, -0.2) is 35.4 Å². The normalized spacial score (nSPS) is 12.7. The first-order valence-corrected chi connectivity index (χ1v) is 11.7. The van der Waals surface area contributed by atoms with Gasteiger partial charge in [0.15, 0.2) is 6.61 Å². The molecule has 0 aromatic heterocycles. The van der Waals surface area contributed by atoms with Crippen LogP contribution in [0.25, 0.3) is 10.8 Å². The van der Waals surface area contributed by atoms with Gasteiger partial charge in [0.1, 0.15) is 11.8 Å². The number of nitrogens with zero attached hydrogens (tertiary/aromatic N) is 1. The molecule has 3 aromatic rings. The molecule has 0 aliphatic rings. The van der Waals surface area contributed by atoms with Crippen LogP contribution >= 0.6 is 0 Å². The fraction of sp³-hybridized carbons (Fsp3) is 0.357. The second-order valence-electron chi connectivity index (χ2n) is 8.52. The zero-order valence-electron chi connectivity index (χ0n) is 20.0. The Balaban J connectivity index is 1.82. The summed E-state index contributed by atoms with van der Waals surface area (Å²) in [5.74, 6) is 0.320. The molecule has 174 valence electrons. The van der Waals surface area contributed by atoms with E-state index >= 15 is 0 Å². The monoisotopic (exact) mass is 446 g/mol.